The molecule has 0 bridgehead atoms. The van der Waals surface area contributed by atoms with Crippen LogP contribution in [0, 0.1) is 5.92 Å². The minimum absolute atomic E-state index is 0.184. The Labute approximate surface area is 78.8 Å². The van der Waals surface area contributed by atoms with Gasteiger partial charge in [0.15, 0.2) is 0 Å². The first-order valence-corrected chi connectivity index (χ1v) is 4.57. The van der Waals surface area contributed by atoms with Crippen LogP contribution in [0.4, 0.5) is 4.39 Å². The minimum atomic E-state index is -0.491. The second-order valence-electron chi connectivity index (χ2n) is 3.14. The molecule has 0 aromatic heterocycles. The third kappa shape index (κ3) is 6.31. The predicted octanol–water partition coefficient (Wildman–Crippen LogP) is 2.84. The highest BCUT2D eigenvalue weighted by Gasteiger charge is 2.05. The number of halogens is 1. The lowest BCUT2D eigenvalue weighted by atomic mass is 10.2. The molecule has 0 aliphatic carbocycles. The van der Waals surface area contributed by atoms with Gasteiger partial charge in [-0.05, 0) is 12.0 Å². The van der Waals surface area contributed by atoms with Crippen molar-refractivity contribution in [3.8, 4) is 0 Å². The van der Waals surface area contributed by atoms with Crippen LogP contribution in [-0.4, -0.2) is 12.6 Å². The largest absolute Gasteiger partial charge is 0.431 e. The molecule has 0 aromatic carbocycles. The third-order valence-electron chi connectivity index (χ3n) is 1.39. The maximum atomic E-state index is 12.0. The molecule has 0 aliphatic heterocycles. The van der Waals surface area contributed by atoms with Crippen LogP contribution in [0.1, 0.15) is 33.6 Å². The molecule has 0 unspecified atom stereocenters. The Morgan fingerprint density at radius 2 is 2.15 bits per heavy atom. The predicted molar refractivity (Wildman–Crippen MR) is 49.9 cm³/mol. The summed E-state index contributed by atoms with van der Waals surface area (Å²) in [5, 5.41) is 0. The number of alkyl halides is 1. The average molecular weight is 188 g/mol. The highest BCUT2D eigenvalue weighted by Crippen LogP contribution is 2.09. The van der Waals surface area contributed by atoms with Gasteiger partial charge in [-0.15, -0.1) is 0 Å². The molecule has 13 heavy (non-hydrogen) atoms. The summed E-state index contributed by atoms with van der Waals surface area (Å²) in [7, 11) is 0. The van der Waals surface area contributed by atoms with E-state index in [1.54, 1.807) is 13.0 Å². The van der Waals surface area contributed by atoms with Crippen LogP contribution in [0.5, 0.6) is 0 Å². The molecule has 0 aliphatic rings. The van der Waals surface area contributed by atoms with Gasteiger partial charge < -0.3 is 4.74 Å². The van der Waals surface area contributed by atoms with Crippen LogP contribution in [0.15, 0.2) is 11.8 Å². The molecule has 0 N–H and O–H groups in total. The second kappa shape index (κ2) is 6.63. The van der Waals surface area contributed by atoms with Crippen molar-refractivity contribution in [2.75, 3.05) is 6.67 Å². The van der Waals surface area contributed by atoms with E-state index in [0.717, 1.165) is 0 Å². The van der Waals surface area contributed by atoms with Crippen molar-refractivity contribution in [1.82, 2.24) is 0 Å². The first-order chi connectivity index (χ1) is 6.10. The Balaban J connectivity index is 4.17. The van der Waals surface area contributed by atoms with Crippen LogP contribution in [-0.2, 0) is 9.53 Å². The Morgan fingerprint density at radius 1 is 1.54 bits per heavy atom. The highest BCUT2D eigenvalue weighted by molar-refractivity contribution is 5.70. The van der Waals surface area contributed by atoms with E-state index in [1.165, 1.54) is 0 Å². The Morgan fingerprint density at radius 3 is 2.54 bits per heavy atom. The Hall–Kier alpha value is -0.860. The van der Waals surface area contributed by atoms with E-state index >= 15 is 0 Å². The summed E-state index contributed by atoms with van der Waals surface area (Å²) in [5.41, 5.74) is 0. The topological polar surface area (TPSA) is 26.3 Å². The molecule has 0 aromatic rings. The smallest absolute Gasteiger partial charge is 0.310 e. The zero-order valence-corrected chi connectivity index (χ0v) is 8.47. The SMILES string of the molecule is CCC(=O)OC(=CC(C)C)CCF. The minimum Gasteiger partial charge on any atom is -0.431 e. The van der Waals surface area contributed by atoms with Gasteiger partial charge in [-0.25, -0.2) is 0 Å². The van der Waals surface area contributed by atoms with Gasteiger partial charge in [0.2, 0.25) is 0 Å². The number of carbonyl (C=O) groups excluding carboxylic acids is 1. The summed E-state index contributed by atoms with van der Waals surface area (Å²) in [6.45, 7) is 5.14. The van der Waals surface area contributed by atoms with Crippen LogP contribution in [0.3, 0.4) is 0 Å². The van der Waals surface area contributed by atoms with Crippen molar-refractivity contribution in [2.45, 2.75) is 33.6 Å². The monoisotopic (exact) mass is 188 g/mol. The lowest BCUT2D eigenvalue weighted by Gasteiger charge is -2.07. The highest BCUT2D eigenvalue weighted by atomic mass is 19.1. The zero-order chi connectivity index (χ0) is 10.3. The summed E-state index contributed by atoms with van der Waals surface area (Å²) in [6, 6.07) is 0. The van der Waals surface area contributed by atoms with Crippen molar-refractivity contribution in [3.05, 3.63) is 11.8 Å². The lowest BCUT2D eigenvalue weighted by Crippen LogP contribution is -2.04. The molecule has 0 heterocycles. The number of allylic oxidation sites excluding steroid dienone is 2. The van der Waals surface area contributed by atoms with Gasteiger partial charge in [0, 0.05) is 12.8 Å². The van der Waals surface area contributed by atoms with Gasteiger partial charge in [0.05, 0.1) is 6.67 Å². The maximum Gasteiger partial charge on any atom is 0.310 e. The van der Waals surface area contributed by atoms with Crippen LogP contribution >= 0.6 is 0 Å². The fourth-order valence-corrected chi connectivity index (χ4v) is 0.852. The summed E-state index contributed by atoms with van der Waals surface area (Å²) >= 11 is 0. The number of ether oxygens (including phenoxy) is 1. The number of hydrogen-bond donors (Lipinski definition) is 0. The van der Waals surface area contributed by atoms with Crippen molar-refractivity contribution < 1.29 is 13.9 Å². The standard InChI is InChI=1S/C10H17FO2/c1-4-10(12)13-9(5-6-11)7-8(2)3/h7-8H,4-6H2,1-3H3. The summed E-state index contributed by atoms with van der Waals surface area (Å²) < 4.78 is 16.9. The van der Waals surface area contributed by atoms with Crippen molar-refractivity contribution in [2.24, 2.45) is 5.92 Å². The first-order valence-electron chi connectivity index (χ1n) is 4.57. The molecule has 0 rings (SSSR count). The summed E-state index contributed by atoms with van der Waals surface area (Å²) in [6.07, 6.45) is 2.28. The normalized spacial score (nSPS) is 11.9. The van der Waals surface area contributed by atoms with Crippen molar-refractivity contribution in [3.63, 3.8) is 0 Å². The molecular weight excluding hydrogens is 171 g/mol. The van der Waals surface area contributed by atoms with Crippen LogP contribution < -0.4 is 0 Å². The average Bonchev–Trinajstić information content (AvgIpc) is 2.03. The number of carbonyl (C=O) groups is 1. The van der Waals surface area contributed by atoms with E-state index in [4.69, 9.17) is 4.74 Å². The molecule has 0 radical (unpaired) electrons. The van der Waals surface area contributed by atoms with Crippen LogP contribution in [0.25, 0.3) is 0 Å². The van der Waals surface area contributed by atoms with Gasteiger partial charge in [0.1, 0.15) is 5.76 Å². The molecule has 0 atom stereocenters. The molecule has 0 saturated heterocycles. The number of rotatable bonds is 5. The molecule has 0 spiro atoms. The van der Waals surface area contributed by atoms with Crippen LogP contribution in [0.2, 0.25) is 0 Å². The van der Waals surface area contributed by atoms with Crippen molar-refractivity contribution >= 4 is 5.97 Å². The van der Waals surface area contributed by atoms with E-state index < -0.39 is 6.67 Å². The number of hydrogen-bond acceptors (Lipinski definition) is 2. The lowest BCUT2D eigenvalue weighted by molar-refractivity contribution is -0.139. The fraction of sp³-hybridized carbons (Fsp3) is 0.700. The van der Waals surface area contributed by atoms with Gasteiger partial charge in [-0.1, -0.05) is 20.8 Å². The second-order valence-corrected chi connectivity index (χ2v) is 3.14. The third-order valence-corrected chi connectivity index (χ3v) is 1.39. The van der Waals surface area contributed by atoms with Gasteiger partial charge >= 0.3 is 5.97 Å². The molecule has 3 heteroatoms. The maximum absolute atomic E-state index is 12.0. The molecule has 0 amide bonds. The van der Waals surface area contributed by atoms with Gasteiger partial charge in [-0.2, -0.15) is 0 Å². The van der Waals surface area contributed by atoms with E-state index in [1.807, 2.05) is 13.8 Å². The quantitative estimate of drug-likeness (QED) is 0.490. The van der Waals surface area contributed by atoms with Gasteiger partial charge in [-0.3, -0.25) is 9.18 Å². The molecular formula is C10H17FO2. The number of esters is 1. The Bertz CT molecular complexity index is 185. The Kier molecular flexibility index (Phi) is 6.20. The van der Waals surface area contributed by atoms with Gasteiger partial charge in [0.25, 0.3) is 0 Å². The van der Waals surface area contributed by atoms with E-state index in [0.29, 0.717) is 12.2 Å². The van der Waals surface area contributed by atoms with Crippen molar-refractivity contribution in [1.29, 1.82) is 0 Å². The van der Waals surface area contributed by atoms with E-state index in [2.05, 4.69) is 0 Å². The van der Waals surface area contributed by atoms with E-state index in [-0.39, 0.29) is 18.3 Å². The van der Waals surface area contributed by atoms with E-state index in [9.17, 15) is 9.18 Å². The molecule has 0 fully saturated rings. The zero-order valence-electron chi connectivity index (χ0n) is 8.47. The first kappa shape index (κ1) is 12.1. The summed E-state index contributed by atoms with van der Waals surface area (Å²) in [5.74, 6) is 0.413. The molecule has 76 valence electrons. The summed E-state index contributed by atoms with van der Waals surface area (Å²) in [4.78, 5) is 10.9. The fourth-order valence-electron chi connectivity index (χ4n) is 0.852. The molecule has 2 nitrogen and oxygen atoms in total. The molecule has 0 saturated carbocycles.